The molecule has 0 radical (unpaired) electrons. The Morgan fingerprint density at radius 1 is 1.10 bits per heavy atom. The molecule has 1 unspecified atom stereocenters. The number of thiophene rings is 1. The third-order valence-electron chi connectivity index (χ3n) is 6.09. The molecule has 6 nitrogen and oxygen atoms in total. The summed E-state index contributed by atoms with van der Waals surface area (Å²) in [5.74, 6) is 0.161. The van der Waals surface area contributed by atoms with Crippen molar-refractivity contribution >= 4 is 44.4 Å². The molecule has 1 atom stereocenters. The number of likely N-dealkylation sites (N-methyl/N-ethyl adjacent to an activating group) is 2. The lowest BCUT2D eigenvalue weighted by molar-refractivity contribution is 0.0669. The highest BCUT2D eigenvalue weighted by Gasteiger charge is 2.25. The summed E-state index contributed by atoms with van der Waals surface area (Å²) >= 11 is 1.59. The number of nitrogens with zero attached hydrogens (tertiary/aromatic N) is 3. The number of amides is 1. The van der Waals surface area contributed by atoms with Crippen LogP contribution in [0.25, 0.3) is 10.1 Å². The van der Waals surface area contributed by atoms with Gasteiger partial charge in [0.25, 0.3) is 5.91 Å². The van der Waals surface area contributed by atoms with E-state index < -0.39 is 0 Å². The van der Waals surface area contributed by atoms with Gasteiger partial charge in [0, 0.05) is 43.6 Å². The first kappa shape index (κ1) is 19.2. The second kappa shape index (κ2) is 7.81. The van der Waals surface area contributed by atoms with Gasteiger partial charge in [0.05, 0.1) is 22.8 Å². The summed E-state index contributed by atoms with van der Waals surface area (Å²) in [6, 6.07) is 16.8. The highest BCUT2D eigenvalue weighted by Crippen LogP contribution is 2.33. The van der Waals surface area contributed by atoms with Crippen molar-refractivity contribution in [2.45, 2.75) is 6.17 Å². The zero-order valence-corrected chi connectivity index (χ0v) is 18.2. The maximum atomic E-state index is 12.9. The lowest BCUT2D eigenvalue weighted by Crippen LogP contribution is -2.46. The second-order valence-corrected chi connectivity index (χ2v) is 9.21. The Kier molecular flexibility index (Phi) is 5.00. The van der Waals surface area contributed by atoms with Crippen molar-refractivity contribution in [3.05, 3.63) is 53.4 Å². The molecule has 30 heavy (non-hydrogen) atoms. The summed E-state index contributed by atoms with van der Waals surface area (Å²) in [5, 5.41) is 8.24. The zero-order valence-electron chi connectivity index (χ0n) is 17.4. The van der Waals surface area contributed by atoms with Crippen LogP contribution in [-0.4, -0.2) is 68.7 Å². The van der Waals surface area contributed by atoms with Gasteiger partial charge in [-0.3, -0.25) is 4.79 Å². The first-order valence-electron chi connectivity index (χ1n) is 10.4. The van der Waals surface area contributed by atoms with Crippen LogP contribution in [0, 0.1) is 0 Å². The number of nitrogens with one attached hydrogen (secondary N) is 2. The number of fused-ring (bicyclic) bond motifs is 2. The van der Waals surface area contributed by atoms with Gasteiger partial charge in [0.1, 0.15) is 6.17 Å². The molecule has 0 saturated carbocycles. The van der Waals surface area contributed by atoms with Crippen LogP contribution in [0.3, 0.4) is 0 Å². The van der Waals surface area contributed by atoms with Crippen LogP contribution in [0.1, 0.15) is 9.67 Å². The van der Waals surface area contributed by atoms with Crippen LogP contribution in [0.4, 0.5) is 17.1 Å². The van der Waals surface area contributed by atoms with Crippen LogP contribution >= 0.6 is 11.3 Å². The molecule has 1 saturated heterocycles. The maximum Gasteiger partial charge on any atom is 0.264 e. The van der Waals surface area contributed by atoms with Gasteiger partial charge in [-0.15, -0.1) is 11.3 Å². The molecule has 1 aromatic heterocycles. The molecule has 1 fully saturated rings. The largest absolute Gasteiger partial charge is 0.381 e. The summed E-state index contributed by atoms with van der Waals surface area (Å²) in [5.41, 5.74) is 3.47. The molecular weight excluding hydrogens is 394 g/mol. The lowest BCUT2D eigenvalue weighted by Gasteiger charge is -2.32. The van der Waals surface area contributed by atoms with Crippen LogP contribution < -0.4 is 15.5 Å². The Balaban J connectivity index is 1.26. The van der Waals surface area contributed by atoms with Crippen molar-refractivity contribution in [3.63, 3.8) is 0 Å². The third-order valence-corrected chi connectivity index (χ3v) is 7.19. The molecule has 1 amide bonds. The number of benzene rings is 2. The van der Waals surface area contributed by atoms with E-state index in [1.807, 2.05) is 11.0 Å². The van der Waals surface area contributed by atoms with Crippen LogP contribution in [-0.2, 0) is 0 Å². The molecule has 2 aliphatic heterocycles. The molecule has 3 heterocycles. The first-order valence-corrected chi connectivity index (χ1v) is 11.2. The fourth-order valence-electron chi connectivity index (χ4n) is 4.17. The molecule has 5 rings (SSSR count). The highest BCUT2D eigenvalue weighted by molar-refractivity contribution is 7.20. The number of hydrogen-bond acceptors (Lipinski definition) is 6. The van der Waals surface area contributed by atoms with Crippen molar-refractivity contribution in [2.75, 3.05) is 62.4 Å². The third kappa shape index (κ3) is 3.59. The van der Waals surface area contributed by atoms with Crippen LogP contribution in [0.5, 0.6) is 0 Å². The predicted octanol–water partition coefficient (Wildman–Crippen LogP) is 3.59. The normalized spacial score (nSPS) is 19.1. The number of piperazine rings is 1. The van der Waals surface area contributed by atoms with E-state index in [1.54, 1.807) is 11.3 Å². The van der Waals surface area contributed by atoms with E-state index in [9.17, 15) is 4.79 Å². The number of hydrogen-bond donors (Lipinski definition) is 2. The molecule has 3 aromatic rings. The summed E-state index contributed by atoms with van der Waals surface area (Å²) in [6.07, 6.45) is 0.204. The van der Waals surface area contributed by atoms with Gasteiger partial charge < -0.3 is 25.3 Å². The molecule has 0 spiro atoms. The summed E-state index contributed by atoms with van der Waals surface area (Å²) < 4.78 is 1.15. The Morgan fingerprint density at radius 2 is 1.90 bits per heavy atom. The summed E-state index contributed by atoms with van der Waals surface area (Å²) in [6.45, 7) is 4.28. The second-order valence-electron chi connectivity index (χ2n) is 8.13. The lowest BCUT2D eigenvalue weighted by atomic mass is 10.2. The average molecular weight is 422 g/mol. The highest BCUT2D eigenvalue weighted by atomic mass is 32.1. The van der Waals surface area contributed by atoms with Gasteiger partial charge in [-0.2, -0.15) is 0 Å². The SMILES string of the molecule is CN1CCN(C(=O)c2cc3cc(NCC4Nc5ccccc5N4C)ccc3s2)CC1. The van der Waals surface area contributed by atoms with Crippen molar-refractivity contribution in [1.82, 2.24) is 9.80 Å². The fraction of sp³-hybridized carbons (Fsp3) is 0.348. The number of para-hydroxylation sites is 2. The molecule has 0 aliphatic carbocycles. The van der Waals surface area contributed by atoms with Crippen molar-refractivity contribution in [3.8, 4) is 0 Å². The Bertz CT molecular complexity index is 1070. The van der Waals surface area contributed by atoms with Gasteiger partial charge in [0.15, 0.2) is 0 Å². The van der Waals surface area contributed by atoms with Gasteiger partial charge in [0.2, 0.25) is 0 Å². The topological polar surface area (TPSA) is 50.9 Å². The van der Waals surface area contributed by atoms with Crippen LogP contribution in [0.15, 0.2) is 48.5 Å². The minimum Gasteiger partial charge on any atom is -0.381 e. The molecule has 0 bridgehead atoms. The molecular formula is C23H27N5OS. The number of anilines is 3. The molecule has 2 N–H and O–H groups in total. The molecule has 2 aromatic carbocycles. The van der Waals surface area contributed by atoms with Gasteiger partial charge >= 0.3 is 0 Å². The zero-order chi connectivity index (χ0) is 20.7. The summed E-state index contributed by atoms with van der Waals surface area (Å²) in [7, 11) is 4.22. The van der Waals surface area contributed by atoms with E-state index in [-0.39, 0.29) is 12.1 Å². The van der Waals surface area contributed by atoms with Gasteiger partial charge in [-0.1, -0.05) is 12.1 Å². The minimum atomic E-state index is 0.161. The van der Waals surface area contributed by atoms with Gasteiger partial charge in [-0.05, 0) is 48.8 Å². The Morgan fingerprint density at radius 3 is 2.70 bits per heavy atom. The first-order chi connectivity index (χ1) is 14.6. The van der Waals surface area contributed by atoms with Crippen molar-refractivity contribution in [1.29, 1.82) is 0 Å². The van der Waals surface area contributed by atoms with E-state index in [1.165, 1.54) is 11.4 Å². The van der Waals surface area contributed by atoms with E-state index in [4.69, 9.17) is 0 Å². The minimum absolute atomic E-state index is 0.161. The predicted molar refractivity (Wildman–Crippen MR) is 126 cm³/mol. The maximum absolute atomic E-state index is 12.9. The van der Waals surface area contributed by atoms with E-state index in [0.717, 1.165) is 53.4 Å². The number of carbonyl (C=O) groups excluding carboxylic acids is 1. The molecule has 156 valence electrons. The number of rotatable bonds is 4. The van der Waals surface area contributed by atoms with Crippen LogP contribution in [0.2, 0.25) is 0 Å². The average Bonchev–Trinajstić information content (AvgIpc) is 3.33. The monoisotopic (exact) mass is 421 g/mol. The quantitative estimate of drug-likeness (QED) is 0.674. The Labute approximate surface area is 181 Å². The van der Waals surface area contributed by atoms with E-state index in [0.29, 0.717) is 0 Å². The molecule has 2 aliphatic rings. The smallest absolute Gasteiger partial charge is 0.264 e. The van der Waals surface area contributed by atoms with Crippen molar-refractivity contribution in [2.24, 2.45) is 0 Å². The standard InChI is InChI=1S/C23H27N5OS/c1-26-9-11-28(12-10-26)23(29)21-14-16-13-17(7-8-20(16)30-21)24-15-22-25-18-5-3-4-6-19(18)27(22)2/h3-8,13-14,22,24-25H,9-12,15H2,1-2H3. The Hall–Kier alpha value is -2.77. The number of carbonyl (C=O) groups is 1. The van der Waals surface area contributed by atoms with E-state index >= 15 is 0 Å². The van der Waals surface area contributed by atoms with E-state index in [2.05, 4.69) is 77.0 Å². The van der Waals surface area contributed by atoms with Crippen molar-refractivity contribution < 1.29 is 4.79 Å². The fourth-order valence-corrected chi connectivity index (χ4v) is 5.19. The molecule has 7 heteroatoms. The summed E-state index contributed by atoms with van der Waals surface area (Å²) in [4.78, 5) is 20.2. The van der Waals surface area contributed by atoms with Gasteiger partial charge in [-0.25, -0.2) is 0 Å².